The molecule has 0 unspecified atom stereocenters. The zero-order valence-electron chi connectivity index (χ0n) is 39.8. The molecule has 0 fully saturated rings. The molecule has 0 N–H and O–H groups in total. The molecule has 0 aromatic heterocycles. The van der Waals surface area contributed by atoms with E-state index in [9.17, 15) is 0 Å². The molecule has 0 aliphatic rings. The Morgan fingerprint density at radius 1 is 0.259 bits per heavy atom. The van der Waals surface area contributed by atoms with Crippen LogP contribution in [-0.2, 0) is 0 Å². The van der Waals surface area contributed by atoms with Gasteiger partial charge in [-0.05, 0) is 0 Å². The minimum atomic E-state index is -3.29. The van der Waals surface area contributed by atoms with Gasteiger partial charge in [-0.1, -0.05) is 0 Å². The fraction of sp³-hybridized carbons (Fsp3) is 0.615. The predicted molar refractivity (Wildman–Crippen MR) is 258 cm³/mol. The Balaban J connectivity index is 2.79. The molecule has 0 heterocycles. The standard InChI is InChI=1S/C52H84P2/c1-45(2,3)53(46(4,5)6,47(7,8)9,48(10,11)12)41-35-33-37-29-25-27-31-39(37)43(41)44-40-32-28-26-30-38(40)34-36-42(44)54(49(13,14)15,50(16,17)18,51(19,20)21)52(22,23)24/h25-36H,1-24H3. The average Bonchev–Trinajstić information content (AvgIpc) is 2.92. The minimum absolute atomic E-state index is 0.0457. The number of hydrogen-bond donors (Lipinski definition) is 0. The Morgan fingerprint density at radius 3 is 0.667 bits per heavy atom. The maximum absolute atomic E-state index is 3.29. The van der Waals surface area contributed by atoms with E-state index in [-0.39, 0.29) is 41.2 Å². The van der Waals surface area contributed by atoms with Crippen LogP contribution in [0.1, 0.15) is 166 Å². The van der Waals surface area contributed by atoms with E-state index < -0.39 is 13.2 Å². The first-order chi connectivity index (χ1) is 23.9. The molecule has 0 aliphatic carbocycles. The van der Waals surface area contributed by atoms with E-state index in [2.05, 4.69) is 239 Å². The van der Waals surface area contributed by atoms with Crippen molar-refractivity contribution >= 4 is 45.4 Å². The molecule has 54 heavy (non-hydrogen) atoms. The van der Waals surface area contributed by atoms with Gasteiger partial charge in [0.15, 0.2) is 0 Å². The van der Waals surface area contributed by atoms with Gasteiger partial charge < -0.3 is 0 Å². The molecule has 4 aromatic carbocycles. The van der Waals surface area contributed by atoms with Crippen molar-refractivity contribution in [1.82, 2.24) is 0 Å². The first-order valence-corrected chi connectivity index (χ1v) is 25.4. The average molecular weight is 771 g/mol. The second-order valence-electron chi connectivity index (χ2n) is 25.0. The zero-order chi connectivity index (χ0) is 42.0. The Hall–Kier alpha value is -1.74. The van der Waals surface area contributed by atoms with Gasteiger partial charge in [-0.25, -0.2) is 0 Å². The van der Waals surface area contributed by atoms with Gasteiger partial charge in [0.25, 0.3) is 0 Å². The molecular formula is C52H84P2. The van der Waals surface area contributed by atoms with Gasteiger partial charge in [-0.2, -0.15) is 0 Å². The summed E-state index contributed by atoms with van der Waals surface area (Å²) in [5.41, 5.74) is 3.01. The van der Waals surface area contributed by atoms with Gasteiger partial charge in [0.2, 0.25) is 0 Å². The van der Waals surface area contributed by atoms with E-state index >= 15 is 0 Å². The summed E-state index contributed by atoms with van der Waals surface area (Å²) >= 11 is 0. The molecule has 2 heteroatoms. The predicted octanol–water partition coefficient (Wildman–Crippen LogP) is 16.4. The van der Waals surface area contributed by atoms with Gasteiger partial charge in [0.05, 0.1) is 0 Å². The first kappa shape index (κ1) is 45.0. The third kappa shape index (κ3) is 4.63. The molecule has 0 atom stereocenters. The monoisotopic (exact) mass is 771 g/mol. The van der Waals surface area contributed by atoms with Crippen molar-refractivity contribution in [3.63, 3.8) is 0 Å². The van der Waals surface area contributed by atoms with Crippen LogP contribution in [-0.4, -0.2) is 41.2 Å². The van der Waals surface area contributed by atoms with Crippen molar-refractivity contribution < 1.29 is 0 Å². The fourth-order valence-electron chi connectivity index (χ4n) is 18.8. The topological polar surface area (TPSA) is 0 Å². The van der Waals surface area contributed by atoms with Gasteiger partial charge in [0, 0.05) is 0 Å². The Bertz CT molecular complexity index is 1760. The van der Waals surface area contributed by atoms with Crippen LogP contribution in [0, 0.1) is 0 Å². The van der Waals surface area contributed by atoms with Crippen LogP contribution >= 0.6 is 13.2 Å². The zero-order valence-corrected chi connectivity index (χ0v) is 41.6. The third-order valence-corrected chi connectivity index (χ3v) is 39.9. The van der Waals surface area contributed by atoms with Crippen LogP contribution < -0.4 is 10.6 Å². The number of fused-ring (bicyclic) bond motifs is 2. The number of hydrogen-bond acceptors (Lipinski definition) is 0. The summed E-state index contributed by atoms with van der Waals surface area (Å²) in [5.74, 6) is 0. The maximum atomic E-state index is 2.67. The first-order valence-electron chi connectivity index (χ1n) is 21.0. The fourth-order valence-corrected chi connectivity index (χ4v) is 50.8. The van der Waals surface area contributed by atoms with Crippen molar-refractivity contribution in [2.75, 3.05) is 0 Å². The molecule has 4 aromatic rings. The van der Waals surface area contributed by atoms with E-state index in [1.54, 1.807) is 10.6 Å². The molecule has 0 aliphatic heterocycles. The van der Waals surface area contributed by atoms with Crippen LogP contribution in [0.3, 0.4) is 0 Å². The molecule has 0 spiro atoms. The number of benzene rings is 4. The Morgan fingerprint density at radius 2 is 0.463 bits per heavy atom. The number of rotatable bonds is 3. The van der Waals surface area contributed by atoms with Gasteiger partial charge >= 0.3 is 337 Å². The molecular weight excluding hydrogens is 687 g/mol. The van der Waals surface area contributed by atoms with Gasteiger partial charge in [-0.15, -0.1) is 0 Å². The Labute approximate surface area is 335 Å². The van der Waals surface area contributed by atoms with Crippen molar-refractivity contribution in [2.45, 2.75) is 207 Å². The quantitative estimate of drug-likeness (QED) is 0.182. The van der Waals surface area contributed by atoms with Crippen LogP contribution in [0.4, 0.5) is 0 Å². The van der Waals surface area contributed by atoms with E-state index in [0.29, 0.717) is 0 Å². The Kier molecular flexibility index (Phi) is 10.3. The summed E-state index contributed by atoms with van der Waals surface area (Å²) in [6.45, 7) is 56.2. The van der Waals surface area contributed by atoms with Crippen LogP contribution in [0.5, 0.6) is 0 Å². The van der Waals surface area contributed by atoms with Crippen LogP contribution in [0.15, 0.2) is 72.8 Å². The molecule has 0 saturated carbocycles. The van der Waals surface area contributed by atoms with E-state index in [4.69, 9.17) is 0 Å². The molecule has 0 saturated heterocycles. The van der Waals surface area contributed by atoms with Crippen molar-refractivity contribution in [1.29, 1.82) is 0 Å². The molecule has 0 amide bonds. The summed E-state index contributed by atoms with van der Waals surface area (Å²) in [4.78, 5) is 0. The second kappa shape index (κ2) is 12.4. The van der Waals surface area contributed by atoms with Crippen LogP contribution in [0.2, 0.25) is 0 Å². The summed E-state index contributed by atoms with van der Waals surface area (Å²) in [6.07, 6.45) is 0. The van der Waals surface area contributed by atoms with Crippen molar-refractivity contribution in [3.05, 3.63) is 72.8 Å². The van der Waals surface area contributed by atoms with Crippen molar-refractivity contribution in [2.24, 2.45) is 0 Å². The normalized spacial score (nSPS) is 16.6. The van der Waals surface area contributed by atoms with E-state index in [1.807, 2.05) is 0 Å². The van der Waals surface area contributed by atoms with Gasteiger partial charge in [-0.3, -0.25) is 0 Å². The molecule has 302 valence electrons. The summed E-state index contributed by atoms with van der Waals surface area (Å²) in [7, 11) is 0. The van der Waals surface area contributed by atoms with Crippen molar-refractivity contribution in [3.8, 4) is 11.1 Å². The van der Waals surface area contributed by atoms with Gasteiger partial charge in [0.1, 0.15) is 0 Å². The van der Waals surface area contributed by atoms with E-state index in [1.165, 1.54) is 32.7 Å². The van der Waals surface area contributed by atoms with E-state index in [0.717, 1.165) is 0 Å². The molecule has 0 nitrogen and oxygen atoms in total. The summed E-state index contributed by atoms with van der Waals surface area (Å²) in [6, 6.07) is 29.1. The molecule has 4 rings (SSSR count). The second-order valence-corrected chi connectivity index (χ2v) is 41.1. The third-order valence-electron chi connectivity index (χ3n) is 15.8. The SMILES string of the molecule is CC(C)(C)P(c1ccc2ccccc2c1-c1c(P(C(C)(C)C)(C(C)(C)C)(C(C)(C)C)C(C)(C)C)ccc2ccccc12)(C(C)(C)C)(C(C)(C)C)C(C)(C)C. The summed E-state index contributed by atoms with van der Waals surface area (Å²) < 4.78 is 0. The molecule has 0 radical (unpaired) electrons. The molecule has 0 bridgehead atoms. The van der Waals surface area contributed by atoms with Crippen LogP contribution in [0.25, 0.3) is 32.7 Å². The summed E-state index contributed by atoms with van der Waals surface area (Å²) in [5, 5.41) is 8.33.